The largest absolute Gasteiger partial charge is 0.487 e. The molecule has 0 unspecified atom stereocenters. The number of primary amides is 1. The minimum atomic E-state index is -0.456. The summed E-state index contributed by atoms with van der Waals surface area (Å²) in [5.41, 5.74) is 6.40. The van der Waals surface area contributed by atoms with Gasteiger partial charge in [0.2, 0.25) is 11.8 Å². The zero-order valence-electron chi connectivity index (χ0n) is 11.2. The number of rotatable bonds is 6. The van der Waals surface area contributed by atoms with Crippen LogP contribution in [0, 0.1) is 0 Å². The van der Waals surface area contributed by atoms with Gasteiger partial charge in [0.05, 0.1) is 12.3 Å². The van der Waals surface area contributed by atoms with E-state index in [0.29, 0.717) is 30.4 Å². The summed E-state index contributed by atoms with van der Waals surface area (Å²) in [7, 11) is 0. The maximum atomic E-state index is 10.9. The van der Waals surface area contributed by atoms with Crippen molar-refractivity contribution >= 4 is 5.91 Å². The van der Waals surface area contributed by atoms with E-state index in [1.807, 2.05) is 19.1 Å². The summed E-state index contributed by atoms with van der Waals surface area (Å²) in [5, 5.41) is 0. The second-order valence-corrected chi connectivity index (χ2v) is 4.08. The molecule has 0 aliphatic heterocycles. The Morgan fingerprint density at radius 2 is 1.90 bits per heavy atom. The first kappa shape index (κ1) is 13.9. The quantitative estimate of drug-likeness (QED) is 0.874. The summed E-state index contributed by atoms with van der Waals surface area (Å²) in [4.78, 5) is 15.3. The molecule has 0 fully saturated rings. The molecule has 5 heteroatoms. The number of hydrogen-bond donors (Lipinski definition) is 1. The molecule has 20 heavy (non-hydrogen) atoms. The molecule has 0 saturated carbocycles. The third kappa shape index (κ3) is 3.71. The van der Waals surface area contributed by atoms with Crippen LogP contribution in [-0.4, -0.2) is 17.5 Å². The second-order valence-electron chi connectivity index (χ2n) is 4.08. The van der Waals surface area contributed by atoms with E-state index < -0.39 is 5.91 Å². The minimum absolute atomic E-state index is 0.330. The molecule has 0 atom stereocenters. The SMILES string of the molecule is CCOc1cccc(COc2ccc(C(N)=O)cc2)n1. The lowest BCUT2D eigenvalue weighted by Gasteiger charge is -2.07. The van der Waals surface area contributed by atoms with Crippen molar-refractivity contribution in [2.45, 2.75) is 13.5 Å². The van der Waals surface area contributed by atoms with Gasteiger partial charge in [-0.25, -0.2) is 4.98 Å². The fourth-order valence-electron chi connectivity index (χ4n) is 1.64. The van der Waals surface area contributed by atoms with Crippen LogP contribution in [0.5, 0.6) is 11.6 Å². The van der Waals surface area contributed by atoms with E-state index in [2.05, 4.69) is 4.98 Å². The molecule has 0 bridgehead atoms. The summed E-state index contributed by atoms with van der Waals surface area (Å²) >= 11 is 0. The minimum Gasteiger partial charge on any atom is -0.487 e. The number of nitrogens with zero attached hydrogens (tertiary/aromatic N) is 1. The lowest BCUT2D eigenvalue weighted by Crippen LogP contribution is -2.10. The number of amides is 1. The Hall–Kier alpha value is -2.56. The number of pyridine rings is 1. The Kier molecular flexibility index (Phi) is 4.55. The fourth-order valence-corrected chi connectivity index (χ4v) is 1.64. The Labute approximate surface area is 117 Å². The molecule has 0 aliphatic carbocycles. The van der Waals surface area contributed by atoms with Gasteiger partial charge in [-0.05, 0) is 37.3 Å². The normalized spacial score (nSPS) is 10.1. The molecule has 1 heterocycles. The predicted molar refractivity (Wildman–Crippen MR) is 74.7 cm³/mol. The van der Waals surface area contributed by atoms with E-state index in [9.17, 15) is 4.79 Å². The van der Waals surface area contributed by atoms with Crippen molar-refractivity contribution in [3.05, 3.63) is 53.7 Å². The predicted octanol–water partition coefficient (Wildman–Crippen LogP) is 2.16. The molecule has 0 spiro atoms. The number of carbonyl (C=O) groups excluding carboxylic acids is 1. The van der Waals surface area contributed by atoms with Crippen LogP contribution in [0.2, 0.25) is 0 Å². The van der Waals surface area contributed by atoms with Crippen LogP contribution in [0.3, 0.4) is 0 Å². The molecule has 104 valence electrons. The first-order valence-electron chi connectivity index (χ1n) is 6.30. The van der Waals surface area contributed by atoms with Gasteiger partial charge in [0.15, 0.2) is 0 Å². The topological polar surface area (TPSA) is 74.4 Å². The van der Waals surface area contributed by atoms with Crippen LogP contribution >= 0.6 is 0 Å². The van der Waals surface area contributed by atoms with E-state index in [1.54, 1.807) is 30.3 Å². The Balaban J connectivity index is 1.97. The molecule has 1 aromatic heterocycles. The third-order valence-corrected chi connectivity index (χ3v) is 2.60. The molecule has 5 nitrogen and oxygen atoms in total. The van der Waals surface area contributed by atoms with Crippen molar-refractivity contribution in [3.8, 4) is 11.6 Å². The van der Waals surface area contributed by atoms with Crippen LogP contribution < -0.4 is 15.2 Å². The van der Waals surface area contributed by atoms with Crippen LogP contribution in [0.25, 0.3) is 0 Å². The highest BCUT2D eigenvalue weighted by atomic mass is 16.5. The molecule has 2 aromatic rings. The average molecular weight is 272 g/mol. The van der Waals surface area contributed by atoms with Crippen LogP contribution in [0.4, 0.5) is 0 Å². The van der Waals surface area contributed by atoms with Crippen molar-refractivity contribution in [3.63, 3.8) is 0 Å². The number of benzene rings is 1. The second kappa shape index (κ2) is 6.56. The van der Waals surface area contributed by atoms with Crippen molar-refractivity contribution in [2.24, 2.45) is 5.73 Å². The van der Waals surface area contributed by atoms with Gasteiger partial charge in [0.25, 0.3) is 0 Å². The van der Waals surface area contributed by atoms with Crippen LogP contribution in [0.15, 0.2) is 42.5 Å². The van der Waals surface area contributed by atoms with E-state index in [-0.39, 0.29) is 0 Å². The lowest BCUT2D eigenvalue weighted by molar-refractivity contribution is 0.1000. The maximum Gasteiger partial charge on any atom is 0.248 e. The Bertz CT molecular complexity index is 582. The van der Waals surface area contributed by atoms with Crippen molar-refractivity contribution in [1.29, 1.82) is 0 Å². The number of hydrogen-bond acceptors (Lipinski definition) is 4. The summed E-state index contributed by atoms with van der Waals surface area (Å²) in [5.74, 6) is 0.777. The van der Waals surface area contributed by atoms with Gasteiger partial charge in [0, 0.05) is 11.6 Å². The number of aromatic nitrogens is 1. The number of ether oxygens (including phenoxy) is 2. The van der Waals surface area contributed by atoms with Gasteiger partial charge in [-0.2, -0.15) is 0 Å². The maximum absolute atomic E-state index is 10.9. The highest BCUT2D eigenvalue weighted by Crippen LogP contribution is 2.14. The van der Waals surface area contributed by atoms with E-state index in [1.165, 1.54) is 0 Å². The lowest BCUT2D eigenvalue weighted by atomic mass is 10.2. The van der Waals surface area contributed by atoms with E-state index in [0.717, 1.165) is 5.69 Å². The zero-order valence-corrected chi connectivity index (χ0v) is 11.2. The smallest absolute Gasteiger partial charge is 0.248 e. The third-order valence-electron chi connectivity index (χ3n) is 2.60. The van der Waals surface area contributed by atoms with Gasteiger partial charge in [-0.1, -0.05) is 6.07 Å². The Morgan fingerprint density at radius 3 is 2.55 bits per heavy atom. The van der Waals surface area contributed by atoms with Crippen molar-refractivity contribution in [2.75, 3.05) is 6.61 Å². The fraction of sp³-hybridized carbons (Fsp3) is 0.200. The van der Waals surface area contributed by atoms with Gasteiger partial charge < -0.3 is 15.2 Å². The van der Waals surface area contributed by atoms with E-state index >= 15 is 0 Å². The summed E-state index contributed by atoms with van der Waals surface area (Å²) in [6, 6.07) is 12.2. The van der Waals surface area contributed by atoms with E-state index in [4.69, 9.17) is 15.2 Å². The Morgan fingerprint density at radius 1 is 1.15 bits per heavy atom. The summed E-state index contributed by atoms with van der Waals surface area (Å²) in [6.45, 7) is 2.81. The van der Waals surface area contributed by atoms with Gasteiger partial charge in [-0.15, -0.1) is 0 Å². The highest BCUT2D eigenvalue weighted by molar-refractivity contribution is 5.92. The highest BCUT2D eigenvalue weighted by Gasteiger charge is 2.02. The number of nitrogens with two attached hydrogens (primary N) is 1. The molecule has 1 amide bonds. The molecule has 0 radical (unpaired) electrons. The zero-order chi connectivity index (χ0) is 14.4. The van der Waals surface area contributed by atoms with Gasteiger partial charge in [0.1, 0.15) is 12.4 Å². The molecule has 1 aromatic carbocycles. The first-order valence-corrected chi connectivity index (χ1v) is 6.30. The van der Waals surface area contributed by atoms with Crippen LogP contribution in [0.1, 0.15) is 23.0 Å². The van der Waals surface area contributed by atoms with Crippen LogP contribution in [-0.2, 0) is 6.61 Å². The molecule has 2 N–H and O–H groups in total. The van der Waals surface area contributed by atoms with Crippen molar-refractivity contribution in [1.82, 2.24) is 4.98 Å². The standard InChI is InChI=1S/C15H16N2O3/c1-2-19-14-5-3-4-12(17-14)10-20-13-8-6-11(7-9-13)15(16)18/h3-9H,2,10H2,1H3,(H2,16,18). The molecule has 0 aliphatic rings. The summed E-state index contributed by atoms with van der Waals surface area (Å²) < 4.78 is 10.9. The summed E-state index contributed by atoms with van der Waals surface area (Å²) in [6.07, 6.45) is 0. The number of carbonyl (C=O) groups is 1. The average Bonchev–Trinajstić information content (AvgIpc) is 2.46. The van der Waals surface area contributed by atoms with Gasteiger partial charge >= 0.3 is 0 Å². The molecule has 2 rings (SSSR count). The monoisotopic (exact) mass is 272 g/mol. The van der Waals surface area contributed by atoms with Crippen molar-refractivity contribution < 1.29 is 14.3 Å². The first-order chi connectivity index (χ1) is 9.69. The van der Waals surface area contributed by atoms with Gasteiger partial charge in [-0.3, -0.25) is 4.79 Å². The molecule has 0 saturated heterocycles. The molecular weight excluding hydrogens is 256 g/mol. The molecular formula is C15H16N2O3.